The fourth-order valence-corrected chi connectivity index (χ4v) is 4.13. The van der Waals surface area contributed by atoms with E-state index in [0.29, 0.717) is 46.1 Å². The Morgan fingerprint density at radius 2 is 1.94 bits per heavy atom. The van der Waals surface area contributed by atoms with Crippen molar-refractivity contribution in [2.45, 2.75) is 25.1 Å². The highest BCUT2D eigenvalue weighted by molar-refractivity contribution is 7.86. The lowest BCUT2D eigenvalue weighted by Crippen LogP contribution is -2.45. The average molecular weight is 546 g/mol. The summed E-state index contributed by atoms with van der Waals surface area (Å²) in [5.41, 5.74) is 2.24. The number of aromatic nitrogens is 3. The Morgan fingerprint density at radius 3 is 2.67 bits per heavy atom. The molecule has 11 heteroatoms. The number of amides is 1. The lowest BCUT2D eigenvalue weighted by atomic mass is 10.2. The summed E-state index contributed by atoms with van der Waals surface area (Å²) in [7, 11) is -1.29. The van der Waals surface area contributed by atoms with Crippen LogP contribution in [0.2, 0.25) is 10.0 Å². The van der Waals surface area contributed by atoms with Gasteiger partial charge < -0.3 is 19.9 Å². The maximum atomic E-state index is 12.4. The van der Waals surface area contributed by atoms with Crippen molar-refractivity contribution in [3.63, 3.8) is 0 Å². The van der Waals surface area contributed by atoms with Gasteiger partial charge in [0, 0.05) is 47.1 Å². The maximum absolute atomic E-state index is 12.4. The van der Waals surface area contributed by atoms with E-state index in [1.165, 1.54) is 12.6 Å². The van der Waals surface area contributed by atoms with Gasteiger partial charge in [0.15, 0.2) is 5.82 Å². The molecule has 0 aliphatic heterocycles. The minimum absolute atomic E-state index is 0.260. The number of halogens is 2. The Morgan fingerprint density at radius 1 is 1.14 bits per heavy atom. The number of rotatable bonds is 9. The molecule has 2 heterocycles. The van der Waals surface area contributed by atoms with E-state index < -0.39 is 15.5 Å². The van der Waals surface area contributed by atoms with Crippen LogP contribution >= 0.6 is 23.2 Å². The minimum atomic E-state index is -1.29. The van der Waals surface area contributed by atoms with E-state index in [4.69, 9.17) is 27.9 Å². The van der Waals surface area contributed by atoms with Gasteiger partial charge in [0.25, 0.3) is 0 Å². The van der Waals surface area contributed by atoms with Crippen molar-refractivity contribution < 1.29 is 13.7 Å². The monoisotopic (exact) mass is 545 g/mol. The van der Waals surface area contributed by atoms with Crippen LogP contribution in [0.1, 0.15) is 13.8 Å². The molecule has 2 aromatic heterocycles. The number of nitrogens with one attached hydrogen (secondary N) is 2. The number of nitrogens with zero attached hydrogens (tertiary/aromatic N) is 3. The van der Waals surface area contributed by atoms with Crippen molar-refractivity contribution in [3.05, 3.63) is 71.1 Å². The van der Waals surface area contributed by atoms with Crippen LogP contribution in [-0.2, 0) is 22.1 Å². The molecule has 4 aromatic rings. The topological polar surface area (TPSA) is 98.1 Å². The fraction of sp³-hybridized carbons (Fsp3) is 0.240. The zero-order valence-corrected chi connectivity index (χ0v) is 22.2. The first-order valence-corrected chi connectivity index (χ1v) is 13.4. The molecule has 1 amide bonds. The normalized spacial score (nSPS) is 12.4. The molecule has 8 nitrogen and oxygen atoms in total. The molecule has 188 valence electrons. The zero-order valence-electron chi connectivity index (χ0n) is 19.9. The second-order valence-electron chi connectivity index (χ2n) is 8.52. The van der Waals surface area contributed by atoms with Crippen molar-refractivity contribution in [3.8, 4) is 11.5 Å². The number of hydrogen-bond donors (Lipinski definition) is 2. The molecule has 4 rings (SSSR count). The molecule has 0 aliphatic carbocycles. The van der Waals surface area contributed by atoms with E-state index in [1.807, 2.05) is 22.9 Å². The van der Waals surface area contributed by atoms with Gasteiger partial charge in [-0.15, -0.1) is 0 Å². The summed E-state index contributed by atoms with van der Waals surface area (Å²) in [6.07, 6.45) is 4.89. The van der Waals surface area contributed by atoms with Crippen molar-refractivity contribution >= 4 is 62.4 Å². The second kappa shape index (κ2) is 10.9. The Bertz CT molecular complexity index is 1440. The fourth-order valence-electron chi connectivity index (χ4n) is 3.40. The summed E-state index contributed by atoms with van der Waals surface area (Å²) in [6, 6.07) is 14.3. The summed E-state index contributed by atoms with van der Waals surface area (Å²) in [5, 5.41) is 7.14. The van der Waals surface area contributed by atoms with Gasteiger partial charge in [-0.2, -0.15) is 0 Å². The first-order valence-electron chi connectivity index (χ1n) is 11.1. The van der Waals surface area contributed by atoms with Gasteiger partial charge in [0.2, 0.25) is 5.91 Å². The SMILES string of the molecule is CS(=O)C(C)(C)C(=O)NCCn1ccc2ncnc(Nc3ccc(Oc4cccc(Cl)c4)c(Cl)c3)c21. The van der Waals surface area contributed by atoms with Crippen LogP contribution in [0.25, 0.3) is 11.0 Å². The molecule has 1 atom stereocenters. The first kappa shape index (κ1) is 25.9. The minimum Gasteiger partial charge on any atom is -0.456 e. The third kappa shape index (κ3) is 5.80. The number of ether oxygens (including phenoxy) is 1. The molecule has 0 bridgehead atoms. The van der Waals surface area contributed by atoms with Crippen LogP contribution in [-0.4, -0.2) is 42.2 Å². The number of carbonyl (C=O) groups is 1. The average Bonchev–Trinajstić information content (AvgIpc) is 3.25. The summed E-state index contributed by atoms with van der Waals surface area (Å²) >= 11 is 12.5. The van der Waals surface area contributed by atoms with Gasteiger partial charge in [-0.25, -0.2) is 9.97 Å². The molecule has 0 spiro atoms. The van der Waals surface area contributed by atoms with E-state index in [0.717, 1.165) is 11.0 Å². The highest BCUT2D eigenvalue weighted by Gasteiger charge is 2.31. The molecule has 0 saturated heterocycles. The van der Waals surface area contributed by atoms with Gasteiger partial charge in [-0.3, -0.25) is 9.00 Å². The van der Waals surface area contributed by atoms with E-state index in [-0.39, 0.29) is 5.91 Å². The molecule has 0 fully saturated rings. The van der Waals surface area contributed by atoms with Gasteiger partial charge in [-0.1, -0.05) is 29.3 Å². The predicted octanol–water partition coefficient (Wildman–Crippen LogP) is 5.55. The van der Waals surface area contributed by atoms with E-state index in [1.54, 1.807) is 50.2 Å². The Kier molecular flexibility index (Phi) is 7.82. The summed E-state index contributed by atoms with van der Waals surface area (Å²) in [4.78, 5) is 21.2. The highest BCUT2D eigenvalue weighted by atomic mass is 35.5. The number of anilines is 2. The zero-order chi connectivity index (χ0) is 25.9. The smallest absolute Gasteiger partial charge is 0.238 e. The van der Waals surface area contributed by atoms with Crippen molar-refractivity contribution in [2.24, 2.45) is 0 Å². The lowest BCUT2D eigenvalue weighted by molar-refractivity contribution is -0.122. The molecular formula is C25H25Cl2N5O3S. The van der Waals surface area contributed by atoms with Crippen LogP contribution in [0.5, 0.6) is 11.5 Å². The number of benzene rings is 2. The Hall–Kier alpha value is -3.14. The molecule has 2 aromatic carbocycles. The van der Waals surface area contributed by atoms with Gasteiger partial charge in [0.05, 0.1) is 10.5 Å². The van der Waals surface area contributed by atoms with Crippen LogP contribution < -0.4 is 15.4 Å². The summed E-state index contributed by atoms with van der Waals surface area (Å²) in [5.74, 6) is 1.41. The molecule has 2 N–H and O–H groups in total. The number of hydrogen-bond acceptors (Lipinski definition) is 6. The third-order valence-electron chi connectivity index (χ3n) is 5.67. The molecule has 0 aliphatic rings. The molecule has 0 saturated carbocycles. The van der Waals surface area contributed by atoms with Crippen LogP contribution in [0, 0.1) is 0 Å². The van der Waals surface area contributed by atoms with Crippen LogP contribution in [0.15, 0.2) is 61.1 Å². The van der Waals surface area contributed by atoms with Crippen LogP contribution in [0.3, 0.4) is 0 Å². The summed E-state index contributed by atoms with van der Waals surface area (Å²) in [6.45, 7) is 4.17. The van der Waals surface area contributed by atoms with E-state index in [9.17, 15) is 9.00 Å². The maximum Gasteiger partial charge on any atom is 0.238 e. The Balaban J connectivity index is 1.49. The standard InChI is InChI=1S/C25H25Cl2N5O3S/c1-25(2,36(3)34)24(33)28-10-12-32-11-9-20-22(32)23(30-15-29-20)31-17-7-8-21(19(27)14-17)35-18-6-4-5-16(26)13-18/h4-9,11,13-15H,10,12H2,1-3H3,(H,28,33)(H,29,30,31). The quantitative estimate of drug-likeness (QED) is 0.286. The first-order chi connectivity index (χ1) is 17.1. The van der Waals surface area contributed by atoms with Crippen molar-refractivity contribution in [1.82, 2.24) is 19.9 Å². The predicted molar refractivity (Wildman–Crippen MR) is 145 cm³/mol. The third-order valence-corrected chi connectivity index (χ3v) is 7.83. The summed E-state index contributed by atoms with van der Waals surface area (Å²) < 4.78 is 18.7. The van der Waals surface area contributed by atoms with Crippen molar-refractivity contribution in [2.75, 3.05) is 18.1 Å². The van der Waals surface area contributed by atoms with E-state index in [2.05, 4.69) is 20.6 Å². The highest BCUT2D eigenvalue weighted by Crippen LogP contribution is 2.34. The lowest BCUT2D eigenvalue weighted by Gasteiger charge is -2.21. The van der Waals surface area contributed by atoms with Crippen molar-refractivity contribution in [1.29, 1.82) is 0 Å². The van der Waals surface area contributed by atoms with Crippen LogP contribution in [0.4, 0.5) is 11.5 Å². The van der Waals surface area contributed by atoms with Gasteiger partial charge in [-0.05, 0) is 56.3 Å². The number of fused-ring (bicyclic) bond motifs is 1. The molecular weight excluding hydrogens is 521 g/mol. The van der Waals surface area contributed by atoms with Gasteiger partial charge >= 0.3 is 0 Å². The second-order valence-corrected chi connectivity index (χ2v) is 11.3. The largest absolute Gasteiger partial charge is 0.456 e. The number of carbonyl (C=O) groups excluding carboxylic acids is 1. The Labute approximate surface area is 221 Å². The molecule has 1 unspecified atom stereocenters. The van der Waals surface area contributed by atoms with E-state index >= 15 is 0 Å². The molecule has 0 radical (unpaired) electrons. The molecule has 36 heavy (non-hydrogen) atoms. The van der Waals surface area contributed by atoms with Gasteiger partial charge in [0.1, 0.15) is 28.1 Å².